The van der Waals surface area contributed by atoms with Gasteiger partial charge in [-0.05, 0) is 25.3 Å². The van der Waals surface area contributed by atoms with Crippen molar-refractivity contribution in [3.05, 3.63) is 35.4 Å². The molecule has 0 saturated heterocycles. The highest BCUT2D eigenvalue weighted by atomic mass is 16.5. The van der Waals surface area contributed by atoms with E-state index in [0.29, 0.717) is 13.2 Å². The number of nitrogens with two attached hydrogens (primary N) is 1. The van der Waals surface area contributed by atoms with Crippen molar-refractivity contribution in [1.29, 1.82) is 0 Å². The Balaban J connectivity index is 2.46. The molecular weight excluding hydrogens is 250 g/mol. The smallest absolute Gasteiger partial charge is 0.0976 e. The molecule has 0 heterocycles. The third-order valence-electron chi connectivity index (χ3n) is 3.43. The van der Waals surface area contributed by atoms with Gasteiger partial charge in [0.2, 0.25) is 0 Å². The number of hydrogen-bond donors (Lipinski definition) is 1. The van der Waals surface area contributed by atoms with Crippen LogP contribution in [-0.2, 0) is 9.47 Å². The van der Waals surface area contributed by atoms with E-state index in [2.05, 4.69) is 45.0 Å². The molecule has 0 aliphatic carbocycles. The van der Waals surface area contributed by atoms with Crippen LogP contribution in [0.5, 0.6) is 0 Å². The number of unbranched alkanes of at least 4 members (excludes halogenated alkanes) is 1. The fourth-order valence-electron chi connectivity index (χ4n) is 2.02. The first-order chi connectivity index (χ1) is 9.69. The molecule has 0 aromatic heterocycles. The lowest BCUT2D eigenvalue weighted by Crippen LogP contribution is -2.30. The van der Waals surface area contributed by atoms with Crippen LogP contribution in [0.15, 0.2) is 24.3 Å². The number of benzene rings is 1. The van der Waals surface area contributed by atoms with Crippen molar-refractivity contribution in [3.8, 4) is 0 Å². The summed E-state index contributed by atoms with van der Waals surface area (Å²) < 4.78 is 11.5. The molecule has 3 heteroatoms. The minimum Gasteiger partial charge on any atom is -0.379 e. The topological polar surface area (TPSA) is 44.5 Å². The summed E-state index contributed by atoms with van der Waals surface area (Å²) in [5, 5.41) is 0. The van der Waals surface area contributed by atoms with E-state index < -0.39 is 0 Å². The fourth-order valence-corrected chi connectivity index (χ4v) is 2.02. The third kappa shape index (κ3) is 6.04. The molecule has 0 aliphatic rings. The largest absolute Gasteiger partial charge is 0.379 e. The monoisotopic (exact) mass is 279 g/mol. The molecule has 0 spiro atoms. The van der Waals surface area contributed by atoms with Gasteiger partial charge >= 0.3 is 0 Å². The summed E-state index contributed by atoms with van der Waals surface area (Å²) in [5.41, 5.74) is 8.59. The minimum atomic E-state index is -0.0459. The molecule has 1 aromatic carbocycles. The van der Waals surface area contributed by atoms with Gasteiger partial charge in [0.25, 0.3) is 0 Å². The zero-order valence-electron chi connectivity index (χ0n) is 13.1. The van der Waals surface area contributed by atoms with Gasteiger partial charge in [-0.3, -0.25) is 0 Å². The van der Waals surface area contributed by atoms with Crippen LogP contribution in [0.4, 0.5) is 0 Å². The summed E-state index contributed by atoms with van der Waals surface area (Å²) in [6, 6.07) is 8.44. The Bertz CT molecular complexity index is 351. The highest BCUT2D eigenvalue weighted by Crippen LogP contribution is 2.22. The van der Waals surface area contributed by atoms with Gasteiger partial charge in [-0.2, -0.15) is 0 Å². The lowest BCUT2D eigenvalue weighted by atomic mass is 10.00. The molecule has 0 saturated carbocycles. The van der Waals surface area contributed by atoms with E-state index in [0.717, 1.165) is 31.4 Å². The minimum absolute atomic E-state index is 0.0216. The molecule has 1 aromatic rings. The normalized spacial score (nSPS) is 14.2. The van der Waals surface area contributed by atoms with Gasteiger partial charge in [-0.15, -0.1) is 0 Å². The zero-order chi connectivity index (χ0) is 14.8. The van der Waals surface area contributed by atoms with Gasteiger partial charge in [0.05, 0.1) is 19.3 Å². The van der Waals surface area contributed by atoms with Crippen LogP contribution in [0, 0.1) is 6.92 Å². The predicted molar refractivity (Wildman–Crippen MR) is 83.9 cm³/mol. The molecule has 20 heavy (non-hydrogen) atoms. The van der Waals surface area contributed by atoms with Crippen LogP contribution >= 0.6 is 0 Å². The van der Waals surface area contributed by atoms with E-state index in [1.165, 1.54) is 5.56 Å². The van der Waals surface area contributed by atoms with E-state index in [9.17, 15) is 0 Å². The number of ether oxygens (including phenoxy) is 2. The number of hydrogen-bond acceptors (Lipinski definition) is 3. The Morgan fingerprint density at radius 1 is 1.05 bits per heavy atom. The van der Waals surface area contributed by atoms with E-state index in [1.54, 1.807) is 0 Å². The molecule has 0 bridgehead atoms. The van der Waals surface area contributed by atoms with E-state index in [4.69, 9.17) is 15.2 Å². The zero-order valence-corrected chi connectivity index (χ0v) is 13.1. The van der Waals surface area contributed by atoms with Gasteiger partial charge in [-0.1, -0.05) is 50.1 Å². The lowest BCUT2D eigenvalue weighted by molar-refractivity contribution is -0.00821. The van der Waals surface area contributed by atoms with Crippen LogP contribution in [0.3, 0.4) is 0 Å². The van der Waals surface area contributed by atoms with Crippen LogP contribution in [0.25, 0.3) is 0 Å². The van der Waals surface area contributed by atoms with Crippen molar-refractivity contribution < 1.29 is 9.47 Å². The molecule has 2 N–H and O–H groups in total. The molecule has 3 nitrogen and oxygen atoms in total. The van der Waals surface area contributed by atoms with Crippen LogP contribution in [-0.4, -0.2) is 25.9 Å². The summed E-state index contributed by atoms with van der Waals surface area (Å²) in [4.78, 5) is 0. The van der Waals surface area contributed by atoms with Crippen LogP contribution in [0.2, 0.25) is 0 Å². The second-order valence-corrected chi connectivity index (χ2v) is 5.24. The second-order valence-electron chi connectivity index (χ2n) is 5.24. The lowest BCUT2D eigenvalue weighted by Gasteiger charge is -2.24. The first-order valence-electron chi connectivity index (χ1n) is 7.70. The van der Waals surface area contributed by atoms with Crippen LogP contribution < -0.4 is 5.73 Å². The summed E-state index contributed by atoms with van der Waals surface area (Å²) in [6.07, 6.45) is 3.12. The van der Waals surface area contributed by atoms with Crippen molar-refractivity contribution >= 4 is 0 Å². The number of rotatable bonds is 10. The fraction of sp³-hybridized carbons (Fsp3) is 0.647. The van der Waals surface area contributed by atoms with Crippen molar-refractivity contribution in [1.82, 2.24) is 0 Å². The summed E-state index contributed by atoms with van der Waals surface area (Å²) in [5.74, 6) is 0. The Kier molecular flexibility index (Phi) is 8.51. The highest BCUT2D eigenvalue weighted by molar-refractivity contribution is 5.24. The van der Waals surface area contributed by atoms with Crippen molar-refractivity contribution in [3.63, 3.8) is 0 Å². The number of aryl methyl sites for hydroxylation is 1. The molecule has 0 aliphatic heterocycles. The SMILES string of the molecule is CCCCOCCOC(c1ccc(C)cc1)C(N)CC. The van der Waals surface area contributed by atoms with Gasteiger partial charge in [-0.25, -0.2) is 0 Å². The maximum atomic E-state index is 6.18. The van der Waals surface area contributed by atoms with Crippen molar-refractivity contribution in [2.45, 2.75) is 52.2 Å². The average Bonchev–Trinajstić information content (AvgIpc) is 2.47. The average molecular weight is 279 g/mol. The first-order valence-corrected chi connectivity index (χ1v) is 7.70. The molecule has 1 rings (SSSR count). The van der Waals surface area contributed by atoms with Gasteiger partial charge in [0.15, 0.2) is 0 Å². The molecule has 2 atom stereocenters. The van der Waals surface area contributed by atoms with Crippen molar-refractivity contribution in [2.75, 3.05) is 19.8 Å². The summed E-state index contributed by atoms with van der Waals surface area (Å²) in [6.45, 7) is 8.38. The third-order valence-corrected chi connectivity index (χ3v) is 3.43. The first kappa shape index (κ1) is 17.2. The summed E-state index contributed by atoms with van der Waals surface area (Å²) >= 11 is 0. The Morgan fingerprint density at radius 3 is 2.35 bits per heavy atom. The standard InChI is InChI=1S/C17H29NO2/c1-4-6-11-19-12-13-20-17(16(18)5-2)15-9-7-14(3)8-10-15/h7-10,16-17H,4-6,11-13,18H2,1-3H3. The Morgan fingerprint density at radius 2 is 1.75 bits per heavy atom. The molecule has 0 fully saturated rings. The molecule has 114 valence electrons. The van der Waals surface area contributed by atoms with E-state index in [1.807, 2.05) is 0 Å². The molecular formula is C17H29NO2. The van der Waals surface area contributed by atoms with E-state index >= 15 is 0 Å². The molecule has 0 radical (unpaired) electrons. The van der Waals surface area contributed by atoms with Crippen LogP contribution in [0.1, 0.15) is 50.3 Å². The maximum absolute atomic E-state index is 6.18. The highest BCUT2D eigenvalue weighted by Gasteiger charge is 2.18. The quantitative estimate of drug-likeness (QED) is 0.665. The predicted octanol–water partition coefficient (Wildman–Crippen LogP) is 3.61. The van der Waals surface area contributed by atoms with Crippen molar-refractivity contribution in [2.24, 2.45) is 5.73 Å². The van der Waals surface area contributed by atoms with Gasteiger partial charge in [0.1, 0.15) is 0 Å². The Hall–Kier alpha value is -0.900. The maximum Gasteiger partial charge on any atom is 0.0976 e. The summed E-state index contributed by atoms with van der Waals surface area (Å²) in [7, 11) is 0. The molecule has 2 unspecified atom stereocenters. The van der Waals surface area contributed by atoms with E-state index in [-0.39, 0.29) is 12.1 Å². The van der Waals surface area contributed by atoms with Gasteiger partial charge in [0, 0.05) is 12.6 Å². The molecule has 0 amide bonds. The second kappa shape index (κ2) is 9.92. The van der Waals surface area contributed by atoms with Gasteiger partial charge < -0.3 is 15.2 Å². The Labute approximate surface area is 123 Å².